The molecule has 2 N–H and O–H groups in total. The fourth-order valence-corrected chi connectivity index (χ4v) is 2.49. The highest BCUT2D eigenvalue weighted by molar-refractivity contribution is 5.71. The van der Waals surface area contributed by atoms with Crippen molar-refractivity contribution >= 4 is 5.97 Å². The highest BCUT2D eigenvalue weighted by Gasteiger charge is 2.43. The Balaban J connectivity index is 2.15. The smallest absolute Gasteiger partial charge is 0.307 e. The summed E-state index contributed by atoms with van der Waals surface area (Å²) in [6.07, 6.45) is 2.21. The van der Waals surface area contributed by atoms with Crippen LogP contribution in [0.15, 0.2) is 0 Å². The third-order valence-electron chi connectivity index (χ3n) is 3.02. The average Bonchev–Trinajstić information content (AvgIpc) is 2.23. The number of hydrogen-bond acceptors (Lipinski definition) is 2. The monoisotopic (exact) mass is 155 g/mol. The van der Waals surface area contributed by atoms with Crippen molar-refractivity contribution in [1.82, 2.24) is 5.32 Å². The normalized spacial score (nSPS) is 42.4. The molecule has 11 heavy (non-hydrogen) atoms. The Hall–Kier alpha value is -0.570. The van der Waals surface area contributed by atoms with Crippen LogP contribution in [0.3, 0.4) is 0 Å². The fraction of sp³-hybridized carbons (Fsp3) is 0.875. The molecule has 0 aromatic rings. The van der Waals surface area contributed by atoms with Crippen LogP contribution in [0.4, 0.5) is 0 Å². The molecule has 2 bridgehead atoms. The molecule has 1 aliphatic carbocycles. The van der Waals surface area contributed by atoms with Gasteiger partial charge in [-0.3, -0.25) is 4.79 Å². The molecule has 0 aromatic carbocycles. The van der Waals surface area contributed by atoms with E-state index in [4.69, 9.17) is 5.11 Å². The van der Waals surface area contributed by atoms with Crippen LogP contribution in [0, 0.1) is 17.8 Å². The van der Waals surface area contributed by atoms with Crippen molar-refractivity contribution in [2.45, 2.75) is 12.8 Å². The lowest BCUT2D eigenvalue weighted by Gasteiger charge is -2.26. The molecule has 3 nitrogen and oxygen atoms in total. The van der Waals surface area contributed by atoms with Gasteiger partial charge in [0.25, 0.3) is 0 Å². The molecule has 2 unspecified atom stereocenters. The van der Waals surface area contributed by atoms with Gasteiger partial charge in [0.15, 0.2) is 0 Å². The Morgan fingerprint density at radius 1 is 1.27 bits per heavy atom. The zero-order valence-electron chi connectivity index (χ0n) is 6.42. The van der Waals surface area contributed by atoms with E-state index in [1.165, 1.54) is 0 Å². The lowest BCUT2D eigenvalue weighted by Crippen LogP contribution is -2.41. The van der Waals surface area contributed by atoms with Crippen molar-refractivity contribution in [2.75, 3.05) is 13.1 Å². The van der Waals surface area contributed by atoms with E-state index < -0.39 is 5.97 Å². The van der Waals surface area contributed by atoms with Gasteiger partial charge in [-0.25, -0.2) is 0 Å². The highest BCUT2D eigenvalue weighted by Crippen LogP contribution is 2.38. The summed E-state index contributed by atoms with van der Waals surface area (Å²) in [6.45, 7) is 1.82. The van der Waals surface area contributed by atoms with Gasteiger partial charge in [0, 0.05) is 0 Å². The molecule has 0 aromatic heterocycles. The third kappa shape index (κ3) is 1.03. The topological polar surface area (TPSA) is 49.3 Å². The van der Waals surface area contributed by atoms with Gasteiger partial charge in [-0.15, -0.1) is 0 Å². The van der Waals surface area contributed by atoms with E-state index in [1.807, 2.05) is 0 Å². The molecule has 3 heteroatoms. The zero-order chi connectivity index (χ0) is 7.84. The molecule has 1 aliphatic heterocycles. The lowest BCUT2D eigenvalue weighted by molar-refractivity contribution is -0.145. The molecular weight excluding hydrogens is 142 g/mol. The van der Waals surface area contributed by atoms with Gasteiger partial charge in [-0.1, -0.05) is 0 Å². The maximum absolute atomic E-state index is 10.8. The van der Waals surface area contributed by atoms with E-state index in [2.05, 4.69) is 5.32 Å². The summed E-state index contributed by atoms with van der Waals surface area (Å²) in [5.41, 5.74) is 0. The zero-order valence-corrected chi connectivity index (χ0v) is 6.42. The third-order valence-corrected chi connectivity index (χ3v) is 3.02. The predicted molar refractivity (Wildman–Crippen MR) is 40.2 cm³/mol. The number of piperidine rings is 1. The van der Waals surface area contributed by atoms with Gasteiger partial charge >= 0.3 is 5.97 Å². The largest absolute Gasteiger partial charge is 0.481 e. The quantitative estimate of drug-likeness (QED) is 0.573. The SMILES string of the molecule is O=C(O)C1C2CC[C@@H]1CNC2. The molecule has 2 aliphatic rings. The summed E-state index contributed by atoms with van der Waals surface area (Å²) in [7, 11) is 0. The van der Waals surface area contributed by atoms with E-state index in [0.29, 0.717) is 11.8 Å². The lowest BCUT2D eigenvalue weighted by atomic mass is 9.86. The van der Waals surface area contributed by atoms with Crippen LogP contribution in [-0.4, -0.2) is 24.2 Å². The van der Waals surface area contributed by atoms with Crippen LogP contribution < -0.4 is 5.32 Å². The van der Waals surface area contributed by atoms with Crippen LogP contribution in [0.5, 0.6) is 0 Å². The minimum absolute atomic E-state index is 0.0451. The van der Waals surface area contributed by atoms with E-state index in [1.54, 1.807) is 0 Å². The van der Waals surface area contributed by atoms with E-state index in [0.717, 1.165) is 25.9 Å². The molecule has 1 saturated heterocycles. The summed E-state index contributed by atoms with van der Waals surface area (Å²) < 4.78 is 0. The molecule has 3 atom stereocenters. The second-order valence-electron chi connectivity index (χ2n) is 3.62. The first kappa shape index (κ1) is 7.10. The summed E-state index contributed by atoms with van der Waals surface area (Å²) in [5.74, 6) is 0.188. The second-order valence-corrected chi connectivity index (χ2v) is 3.62. The van der Waals surface area contributed by atoms with Gasteiger partial charge in [0.2, 0.25) is 0 Å². The van der Waals surface area contributed by atoms with E-state index in [-0.39, 0.29) is 5.92 Å². The Bertz CT molecular complexity index is 165. The Labute approximate surface area is 65.8 Å². The van der Waals surface area contributed by atoms with Gasteiger partial charge < -0.3 is 10.4 Å². The molecule has 1 heterocycles. The average molecular weight is 155 g/mol. The fourth-order valence-electron chi connectivity index (χ4n) is 2.49. The number of carbonyl (C=O) groups is 1. The first-order valence-corrected chi connectivity index (χ1v) is 4.22. The van der Waals surface area contributed by atoms with Crippen LogP contribution in [0.2, 0.25) is 0 Å². The number of fused-ring (bicyclic) bond motifs is 2. The number of hydrogen-bond donors (Lipinski definition) is 2. The minimum Gasteiger partial charge on any atom is -0.481 e. The van der Waals surface area contributed by atoms with Gasteiger partial charge in [0.1, 0.15) is 0 Å². The summed E-state index contributed by atoms with van der Waals surface area (Å²) in [5, 5.41) is 12.2. The van der Waals surface area contributed by atoms with Crippen molar-refractivity contribution in [3.63, 3.8) is 0 Å². The molecule has 2 fully saturated rings. The molecule has 2 rings (SSSR count). The minimum atomic E-state index is -0.584. The van der Waals surface area contributed by atoms with E-state index in [9.17, 15) is 4.79 Å². The van der Waals surface area contributed by atoms with Crippen LogP contribution in [0.1, 0.15) is 12.8 Å². The first-order valence-electron chi connectivity index (χ1n) is 4.22. The van der Waals surface area contributed by atoms with Crippen LogP contribution in [0.25, 0.3) is 0 Å². The van der Waals surface area contributed by atoms with Crippen molar-refractivity contribution < 1.29 is 9.90 Å². The predicted octanol–water partition coefficient (Wildman–Crippen LogP) is 0.317. The first-order chi connectivity index (χ1) is 5.29. The van der Waals surface area contributed by atoms with Crippen LogP contribution in [-0.2, 0) is 4.79 Å². The van der Waals surface area contributed by atoms with Crippen molar-refractivity contribution in [2.24, 2.45) is 17.8 Å². The Morgan fingerprint density at radius 2 is 1.82 bits per heavy atom. The van der Waals surface area contributed by atoms with Crippen molar-refractivity contribution in [3.8, 4) is 0 Å². The van der Waals surface area contributed by atoms with Crippen LogP contribution >= 0.6 is 0 Å². The standard InChI is InChI=1S/C8H13NO2/c10-8(11)7-5-1-2-6(7)4-9-3-5/h5-7,9H,1-4H2,(H,10,11)/t5-,6?,7?/m1/s1. The van der Waals surface area contributed by atoms with Crippen molar-refractivity contribution in [1.29, 1.82) is 0 Å². The van der Waals surface area contributed by atoms with Gasteiger partial charge in [-0.05, 0) is 37.8 Å². The van der Waals surface area contributed by atoms with Crippen molar-refractivity contribution in [3.05, 3.63) is 0 Å². The number of nitrogens with one attached hydrogen (secondary N) is 1. The number of aliphatic carboxylic acids is 1. The highest BCUT2D eigenvalue weighted by atomic mass is 16.4. The maximum Gasteiger partial charge on any atom is 0.307 e. The molecule has 1 saturated carbocycles. The second kappa shape index (κ2) is 2.48. The number of rotatable bonds is 1. The molecule has 0 spiro atoms. The maximum atomic E-state index is 10.8. The molecular formula is C8H13NO2. The summed E-state index contributed by atoms with van der Waals surface area (Å²) in [4.78, 5) is 10.8. The Morgan fingerprint density at radius 3 is 2.18 bits per heavy atom. The Kier molecular flexibility index (Phi) is 1.60. The van der Waals surface area contributed by atoms with Gasteiger partial charge in [0.05, 0.1) is 5.92 Å². The molecule has 0 amide bonds. The van der Waals surface area contributed by atoms with Gasteiger partial charge in [-0.2, -0.15) is 0 Å². The van der Waals surface area contributed by atoms with E-state index >= 15 is 0 Å². The molecule has 0 radical (unpaired) electrons. The summed E-state index contributed by atoms with van der Waals surface area (Å²) in [6, 6.07) is 0. The molecule has 62 valence electrons. The number of carboxylic acid groups (broad SMARTS) is 1. The number of carboxylic acids is 1. The summed E-state index contributed by atoms with van der Waals surface area (Å²) >= 11 is 0.